The summed E-state index contributed by atoms with van der Waals surface area (Å²) in [6.07, 6.45) is 61.4. The van der Waals surface area contributed by atoms with Gasteiger partial charge in [-0.3, -0.25) is 4.79 Å². The second kappa shape index (κ2) is 51.0. The van der Waals surface area contributed by atoms with Gasteiger partial charge < -0.3 is 20.6 Å². The standard InChI is InChI=1S/C55H111NO4/c1-3-5-7-9-11-13-15-17-19-21-23-25-26-27-28-30-31-33-35-37-39-41-43-45-47-49-53(58)52(51-57)56-55(60)54(59)50-48-46-44-42-40-38-36-34-32-29-24-22-20-18-16-14-12-10-8-6-4-2/h52-54,57-59H,3-51H2,1-2H3,(H,56,60). The van der Waals surface area contributed by atoms with E-state index in [-0.39, 0.29) is 6.61 Å². The van der Waals surface area contributed by atoms with Crippen molar-refractivity contribution in [2.45, 2.75) is 340 Å². The Bertz CT molecular complexity index is 807. The molecule has 0 bridgehead atoms. The molecule has 60 heavy (non-hydrogen) atoms. The van der Waals surface area contributed by atoms with Crippen LogP contribution in [-0.2, 0) is 4.79 Å². The molecule has 4 N–H and O–H groups in total. The van der Waals surface area contributed by atoms with Gasteiger partial charge in [-0.2, -0.15) is 0 Å². The van der Waals surface area contributed by atoms with Crippen LogP contribution in [0.4, 0.5) is 0 Å². The molecule has 0 spiro atoms. The molecule has 0 aromatic carbocycles. The molecule has 5 heteroatoms. The largest absolute Gasteiger partial charge is 0.394 e. The average Bonchev–Trinajstić information content (AvgIpc) is 3.25. The van der Waals surface area contributed by atoms with Gasteiger partial charge >= 0.3 is 0 Å². The quantitative estimate of drug-likeness (QED) is 0.0459. The van der Waals surface area contributed by atoms with Crippen LogP contribution in [0, 0.1) is 0 Å². The topological polar surface area (TPSA) is 89.8 Å². The Morgan fingerprint density at radius 2 is 0.533 bits per heavy atom. The number of carbonyl (C=O) groups excluding carboxylic acids is 1. The summed E-state index contributed by atoms with van der Waals surface area (Å²) in [5, 5.41) is 33.6. The fourth-order valence-corrected chi connectivity index (χ4v) is 9.14. The van der Waals surface area contributed by atoms with Crippen LogP contribution in [0.25, 0.3) is 0 Å². The highest BCUT2D eigenvalue weighted by atomic mass is 16.3. The summed E-state index contributed by atoms with van der Waals surface area (Å²) in [6, 6.07) is -0.707. The molecule has 0 saturated heterocycles. The predicted molar refractivity (Wildman–Crippen MR) is 264 cm³/mol. The van der Waals surface area contributed by atoms with E-state index in [2.05, 4.69) is 19.2 Å². The number of aliphatic hydroxyl groups is 3. The summed E-state index contributed by atoms with van der Waals surface area (Å²) in [5.74, 6) is -0.462. The van der Waals surface area contributed by atoms with Crippen LogP contribution in [0.1, 0.15) is 322 Å². The van der Waals surface area contributed by atoms with Gasteiger partial charge in [-0.25, -0.2) is 0 Å². The lowest BCUT2D eigenvalue weighted by atomic mass is 10.0. The SMILES string of the molecule is CCCCCCCCCCCCCCCCCCCCCCCCCCCC(O)C(CO)NC(=O)C(O)CCCCCCCCCCCCCCCCCCCCCCC. The zero-order chi connectivity index (χ0) is 43.7. The monoisotopic (exact) mass is 850 g/mol. The predicted octanol–water partition coefficient (Wildman–Crippen LogP) is 16.9. The highest BCUT2D eigenvalue weighted by molar-refractivity contribution is 5.80. The molecule has 0 aliphatic heterocycles. The fraction of sp³-hybridized carbons (Fsp3) is 0.982. The minimum atomic E-state index is -1.07. The molecule has 0 aliphatic carbocycles. The molecule has 0 heterocycles. The first-order chi connectivity index (χ1) is 29.6. The molecule has 1 amide bonds. The molecule has 360 valence electrons. The number of hydrogen-bond acceptors (Lipinski definition) is 4. The molecule has 0 aromatic rings. The van der Waals surface area contributed by atoms with Crippen molar-refractivity contribution in [2.75, 3.05) is 6.61 Å². The number of hydrogen-bond donors (Lipinski definition) is 4. The van der Waals surface area contributed by atoms with E-state index in [0.29, 0.717) is 12.8 Å². The summed E-state index contributed by atoms with van der Waals surface area (Å²) >= 11 is 0. The normalized spacial score (nSPS) is 13.2. The maximum absolute atomic E-state index is 12.6. The molecule has 5 nitrogen and oxygen atoms in total. The second-order valence-electron chi connectivity index (χ2n) is 19.5. The van der Waals surface area contributed by atoms with E-state index >= 15 is 0 Å². The molecule has 3 unspecified atom stereocenters. The zero-order valence-corrected chi connectivity index (χ0v) is 41.1. The highest BCUT2D eigenvalue weighted by Gasteiger charge is 2.23. The van der Waals surface area contributed by atoms with Gasteiger partial charge in [0.15, 0.2) is 0 Å². The lowest BCUT2D eigenvalue weighted by molar-refractivity contribution is -0.131. The van der Waals surface area contributed by atoms with Gasteiger partial charge in [0.05, 0.1) is 18.8 Å². The number of amides is 1. The van der Waals surface area contributed by atoms with E-state index in [4.69, 9.17) is 0 Å². The number of carbonyl (C=O) groups is 1. The second-order valence-corrected chi connectivity index (χ2v) is 19.5. The first kappa shape index (κ1) is 59.4. The lowest BCUT2D eigenvalue weighted by Crippen LogP contribution is -2.49. The molecule has 0 saturated carbocycles. The molecular formula is C55H111NO4. The third kappa shape index (κ3) is 45.4. The van der Waals surface area contributed by atoms with Gasteiger partial charge in [-0.1, -0.05) is 309 Å². The Kier molecular flexibility index (Phi) is 50.4. The lowest BCUT2D eigenvalue weighted by Gasteiger charge is -2.23. The number of rotatable bonds is 52. The molecular weight excluding hydrogens is 739 g/mol. The average molecular weight is 850 g/mol. The van der Waals surface area contributed by atoms with Crippen molar-refractivity contribution in [1.29, 1.82) is 0 Å². The summed E-state index contributed by atoms with van der Waals surface area (Å²) in [5.41, 5.74) is 0. The first-order valence-corrected chi connectivity index (χ1v) is 27.8. The highest BCUT2D eigenvalue weighted by Crippen LogP contribution is 2.18. The van der Waals surface area contributed by atoms with Crippen LogP contribution in [0.3, 0.4) is 0 Å². The van der Waals surface area contributed by atoms with E-state index in [0.717, 1.165) is 32.1 Å². The Labute approximate surface area is 377 Å². The molecule has 3 atom stereocenters. The third-order valence-electron chi connectivity index (χ3n) is 13.5. The van der Waals surface area contributed by atoms with Crippen LogP contribution in [0.5, 0.6) is 0 Å². The minimum absolute atomic E-state index is 0.307. The summed E-state index contributed by atoms with van der Waals surface area (Å²) in [4.78, 5) is 12.6. The van der Waals surface area contributed by atoms with E-state index in [1.54, 1.807) is 0 Å². The van der Waals surface area contributed by atoms with E-state index in [9.17, 15) is 20.1 Å². The fourth-order valence-electron chi connectivity index (χ4n) is 9.14. The van der Waals surface area contributed by atoms with E-state index in [1.165, 1.54) is 263 Å². The first-order valence-electron chi connectivity index (χ1n) is 27.8. The molecule has 0 rings (SSSR count). The number of unbranched alkanes of at least 4 members (excludes halogenated alkanes) is 44. The van der Waals surface area contributed by atoms with Gasteiger partial charge in [0.1, 0.15) is 6.10 Å². The number of nitrogens with one attached hydrogen (secondary N) is 1. The minimum Gasteiger partial charge on any atom is -0.394 e. The van der Waals surface area contributed by atoms with Gasteiger partial charge in [0, 0.05) is 0 Å². The summed E-state index contributed by atoms with van der Waals surface area (Å²) in [7, 11) is 0. The van der Waals surface area contributed by atoms with E-state index < -0.39 is 24.2 Å². The summed E-state index contributed by atoms with van der Waals surface area (Å²) < 4.78 is 0. The van der Waals surface area contributed by atoms with Gasteiger partial charge in [-0.15, -0.1) is 0 Å². The van der Waals surface area contributed by atoms with Gasteiger partial charge in [0.25, 0.3) is 0 Å². The van der Waals surface area contributed by atoms with E-state index in [1.807, 2.05) is 0 Å². The Morgan fingerprint density at radius 3 is 0.750 bits per heavy atom. The van der Waals surface area contributed by atoms with Crippen molar-refractivity contribution >= 4 is 5.91 Å². The van der Waals surface area contributed by atoms with Gasteiger partial charge in [0.2, 0.25) is 5.91 Å². The smallest absolute Gasteiger partial charge is 0.249 e. The zero-order valence-electron chi connectivity index (χ0n) is 41.1. The number of aliphatic hydroxyl groups excluding tert-OH is 3. The van der Waals surface area contributed by atoms with Crippen molar-refractivity contribution in [2.24, 2.45) is 0 Å². The maximum Gasteiger partial charge on any atom is 0.249 e. The van der Waals surface area contributed by atoms with Crippen LogP contribution < -0.4 is 5.32 Å². The van der Waals surface area contributed by atoms with Crippen molar-refractivity contribution < 1.29 is 20.1 Å². The van der Waals surface area contributed by atoms with Gasteiger partial charge in [-0.05, 0) is 12.8 Å². The van der Waals surface area contributed by atoms with Crippen LogP contribution >= 0.6 is 0 Å². The molecule has 0 radical (unpaired) electrons. The van der Waals surface area contributed by atoms with Crippen molar-refractivity contribution in [3.05, 3.63) is 0 Å². The van der Waals surface area contributed by atoms with Crippen LogP contribution in [0.15, 0.2) is 0 Å². The van der Waals surface area contributed by atoms with Crippen molar-refractivity contribution in [3.63, 3.8) is 0 Å². The van der Waals surface area contributed by atoms with Crippen molar-refractivity contribution in [1.82, 2.24) is 5.32 Å². The van der Waals surface area contributed by atoms with Crippen LogP contribution in [-0.4, -0.2) is 46.1 Å². The summed E-state index contributed by atoms with van der Waals surface area (Å²) in [6.45, 7) is 4.28. The molecule has 0 fully saturated rings. The van der Waals surface area contributed by atoms with Crippen molar-refractivity contribution in [3.8, 4) is 0 Å². The Hall–Kier alpha value is -0.650. The molecule has 0 aromatic heterocycles. The maximum atomic E-state index is 12.6. The third-order valence-corrected chi connectivity index (χ3v) is 13.5. The van der Waals surface area contributed by atoms with Crippen LogP contribution in [0.2, 0.25) is 0 Å². The Balaban J connectivity index is 3.50. The molecule has 0 aliphatic rings. The Morgan fingerprint density at radius 1 is 0.333 bits per heavy atom.